The maximum atomic E-state index is 12.9. The number of carbonyl (C=O) groups is 2. The quantitative estimate of drug-likeness (QED) is 0.407. The van der Waals surface area contributed by atoms with E-state index in [1.54, 1.807) is 42.6 Å². The first-order chi connectivity index (χ1) is 14.0. The van der Waals surface area contributed by atoms with Gasteiger partial charge in [-0.3, -0.25) is 19.5 Å². The molecule has 2 heterocycles. The Balaban J connectivity index is 1.95. The molecule has 2 aromatic carbocycles. The van der Waals surface area contributed by atoms with Gasteiger partial charge in [-0.05, 0) is 36.8 Å². The standard InChI is InChI=1S/C23H18N2O4/c1-14-7-9-15(10-8-14)21(27)19-20(16-4-2-6-18(26)12-16)25(23(29)22(19)28)17-5-3-11-24-13-17/h2-13,20,26-27H,1H3. The smallest absolute Gasteiger partial charge is 0.300 e. The molecular formula is C23H18N2O4. The molecule has 3 aromatic rings. The number of benzene rings is 2. The summed E-state index contributed by atoms with van der Waals surface area (Å²) in [6, 6.07) is 15.7. The van der Waals surface area contributed by atoms with Gasteiger partial charge in [0.25, 0.3) is 11.7 Å². The van der Waals surface area contributed by atoms with Crippen molar-refractivity contribution >= 4 is 23.1 Å². The molecule has 6 heteroatoms. The van der Waals surface area contributed by atoms with E-state index in [-0.39, 0.29) is 17.1 Å². The summed E-state index contributed by atoms with van der Waals surface area (Å²) in [6.45, 7) is 1.91. The zero-order valence-electron chi connectivity index (χ0n) is 15.6. The maximum absolute atomic E-state index is 12.9. The van der Waals surface area contributed by atoms with Gasteiger partial charge >= 0.3 is 0 Å². The lowest BCUT2D eigenvalue weighted by molar-refractivity contribution is -0.132. The molecule has 1 amide bonds. The molecule has 4 rings (SSSR count). The number of ketones is 1. The Morgan fingerprint density at radius 2 is 1.79 bits per heavy atom. The number of phenolic OH excluding ortho intramolecular Hbond substituents is 1. The number of nitrogens with zero attached hydrogens (tertiary/aromatic N) is 2. The second-order valence-corrected chi connectivity index (χ2v) is 6.84. The number of hydrogen-bond acceptors (Lipinski definition) is 5. The first-order valence-electron chi connectivity index (χ1n) is 9.04. The minimum atomic E-state index is -0.896. The molecule has 2 N–H and O–H groups in total. The SMILES string of the molecule is Cc1ccc(C(O)=C2C(=O)C(=O)N(c3cccnc3)C2c2cccc(O)c2)cc1. The van der Waals surface area contributed by atoms with E-state index in [4.69, 9.17) is 0 Å². The number of pyridine rings is 1. The molecule has 0 saturated carbocycles. The molecule has 0 radical (unpaired) electrons. The van der Waals surface area contributed by atoms with Crippen molar-refractivity contribution in [3.05, 3.63) is 95.3 Å². The molecule has 6 nitrogen and oxygen atoms in total. The molecule has 1 unspecified atom stereocenters. The lowest BCUT2D eigenvalue weighted by atomic mass is 9.95. The van der Waals surface area contributed by atoms with Crippen LogP contribution in [0, 0.1) is 6.92 Å². The number of aromatic nitrogens is 1. The zero-order chi connectivity index (χ0) is 20.5. The minimum absolute atomic E-state index is 0.00499. The summed E-state index contributed by atoms with van der Waals surface area (Å²) in [5.41, 5.74) is 2.33. The lowest BCUT2D eigenvalue weighted by Crippen LogP contribution is -2.29. The van der Waals surface area contributed by atoms with E-state index in [1.165, 1.54) is 23.2 Å². The van der Waals surface area contributed by atoms with Gasteiger partial charge in [0.15, 0.2) is 0 Å². The summed E-state index contributed by atoms with van der Waals surface area (Å²) in [6.07, 6.45) is 3.04. The van der Waals surface area contributed by atoms with E-state index in [0.29, 0.717) is 16.8 Å². The summed E-state index contributed by atoms with van der Waals surface area (Å²) in [7, 11) is 0. The van der Waals surface area contributed by atoms with Gasteiger partial charge in [0, 0.05) is 11.8 Å². The Hall–Kier alpha value is -3.93. The normalized spacial score (nSPS) is 18.2. The molecule has 1 saturated heterocycles. The van der Waals surface area contributed by atoms with Gasteiger partial charge in [0.1, 0.15) is 11.5 Å². The molecule has 1 fully saturated rings. The summed E-state index contributed by atoms with van der Waals surface area (Å²) in [5, 5.41) is 20.9. The van der Waals surface area contributed by atoms with Crippen LogP contribution in [0.1, 0.15) is 22.7 Å². The predicted octanol–water partition coefficient (Wildman–Crippen LogP) is 3.72. The van der Waals surface area contributed by atoms with Gasteiger partial charge in [0.05, 0.1) is 23.5 Å². The Morgan fingerprint density at radius 1 is 1.03 bits per heavy atom. The van der Waals surface area contributed by atoms with Crippen LogP contribution in [0.15, 0.2) is 78.6 Å². The second kappa shape index (κ2) is 7.24. The zero-order valence-corrected chi connectivity index (χ0v) is 15.6. The monoisotopic (exact) mass is 386 g/mol. The molecule has 0 bridgehead atoms. The topological polar surface area (TPSA) is 90.7 Å². The van der Waals surface area contributed by atoms with Crippen LogP contribution in [0.4, 0.5) is 5.69 Å². The Kier molecular flexibility index (Phi) is 4.60. The molecule has 1 aliphatic rings. The average molecular weight is 386 g/mol. The Bertz CT molecular complexity index is 1120. The number of phenols is 1. The summed E-state index contributed by atoms with van der Waals surface area (Å²) in [4.78, 5) is 31.2. The molecule has 1 atom stereocenters. The lowest BCUT2D eigenvalue weighted by Gasteiger charge is -2.25. The minimum Gasteiger partial charge on any atom is -0.508 e. The fraction of sp³-hybridized carbons (Fsp3) is 0.0870. The average Bonchev–Trinajstić information content (AvgIpc) is 2.99. The number of rotatable bonds is 3. The number of carbonyl (C=O) groups excluding carboxylic acids is 2. The third-order valence-corrected chi connectivity index (χ3v) is 4.88. The largest absolute Gasteiger partial charge is 0.508 e. The van der Waals surface area contributed by atoms with Crippen molar-refractivity contribution in [2.45, 2.75) is 13.0 Å². The van der Waals surface area contributed by atoms with Crippen LogP contribution < -0.4 is 4.90 Å². The second-order valence-electron chi connectivity index (χ2n) is 6.84. The van der Waals surface area contributed by atoms with Gasteiger partial charge in [-0.1, -0.05) is 42.0 Å². The summed E-state index contributed by atoms with van der Waals surface area (Å²) >= 11 is 0. The first kappa shape index (κ1) is 18.4. The van der Waals surface area contributed by atoms with E-state index in [9.17, 15) is 19.8 Å². The number of amides is 1. The highest BCUT2D eigenvalue weighted by Crippen LogP contribution is 2.42. The number of anilines is 1. The number of Topliss-reactive ketones (excluding diaryl/α,β-unsaturated/α-hetero) is 1. The molecule has 0 spiro atoms. The van der Waals surface area contributed by atoms with Gasteiger partial charge in [-0.15, -0.1) is 0 Å². The molecule has 1 aromatic heterocycles. The van der Waals surface area contributed by atoms with Crippen LogP contribution in [0.3, 0.4) is 0 Å². The third kappa shape index (κ3) is 3.25. The number of aliphatic hydroxyl groups is 1. The molecule has 144 valence electrons. The van der Waals surface area contributed by atoms with Crippen molar-refractivity contribution in [3.63, 3.8) is 0 Å². The molecular weight excluding hydrogens is 368 g/mol. The highest BCUT2D eigenvalue weighted by molar-refractivity contribution is 6.51. The van der Waals surface area contributed by atoms with Crippen LogP contribution in [-0.2, 0) is 9.59 Å². The maximum Gasteiger partial charge on any atom is 0.300 e. The first-order valence-corrected chi connectivity index (χ1v) is 9.04. The fourth-order valence-electron chi connectivity index (χ4n) is 3.47. The van der Waals surface area contributed by atoms with Crippen LogP contribution in [0.25, 0.3) is 5.76 Å². The van der Waals surface area contributed by atoms with Gasteiger partial charge in [0.2, 0.25) is 0 Å². The molecule has 29 heavy (non-hydrogen) atoms. The Morgan fingerprint density at radius 3 is 2.45 bits per heavy atom. The van der Waals surface area contributed by atoms with Crippen molar-refractivity contribution in [1.29, 1.82) is 0 Å². The highest BCUT2D eigenvalue weighted by atomic mass is 16.3. The van der Waals surface area contributed by atoms with Crippen molar-refractivity contribution in [2.75, 3.05) is 4.90 Å². The number of hydrogen-bond donors (Lipinski definition) is 2. The van der Waals surface area contributed by atoms with Crippen molar-refractivity contribution in [2.24, 2.45) is 0 Å². The molecule has 0 aliphatic carbocycles. The number of aryl methyl sites for hydroxylation is 1. The van der Waals surface area contributed by atoms with Gasteiger partial charge in [-0.2, -0.15) is 0 Å². The van der Waals surface area contributed by atoms with Crippen LogP contribution in [-0.4, -0.2) is 26.9 Å². The Labute approximate surface area is 167 Å². The van der Waals surface area contributed by atoms with Crippen LogP contribution in [0.2, 0.25) is 0 Å². The van der Waals surface area contributed by atoms with E-state index in [1.807, 2.05) is 19.1 Å². The van der Waals surface area contributed by atoms with Crippen molar-refractivity contribution < 1.29 is 19.8 Å². The highest BCUT2D eigenvalue weighted by Gasteiger charge is 2.47. The van der Waals surface area contributed by atoms with Gasteiger partial charge in [-0.25, -0.2) is 0 Å². The number of aliphatic hydroxyl groups excluding tert-OH is 1. The fourth-order valence-corrected chi connectivity index (χ4v) is 3.47. The van der Waals surface area contributed by atoms with E-state index >= 15 is 0 Å². The summed E-state index contributed by atoms with van der Waals surface area (Å²) in [5.74, 6) is -1.82. The van der Waals surface area contributed by atoms with Crippen LogP contribution in [0.5, 0.6) is 5.75 Å². The van der Waals surface area contributed by atoms with Crippen molar-refractivity contribution in [3.8, 4) is 5.75 Å². The number of aromatic hydroxyl groups is 1. The van der Waals surface area contributed by atoms with E-state index < -0.39 is 17.7 Å². The van der Waals surface area contributed by atoms with E-state index in [0.717, 1.165) is 5.56 Å². The summed E-state index contributed by atoms with van der Waals surface area (Å²) < 4.78 is 0. The third-order valence-electron chi connectivity index (χ3n) is 4.88. The van der Waals surface area contributed by atoms with Gasteiger partial charge < -0.3 is 10.2 Å². The predicted molar refractivity (Wildman–Crippen MR) is 108 cm³/mol. The van der Waals surface area contributed by atoms with Crippen molar-refractivity contribution in [1.82, 2.24) is 4.98 Å². The molecule has 1 aliphatic heterocycles. The van der Waals surface area contributed by atoms with E-state index in [2.05, 4.69) is 4.98 Å². The van der Waals surface area contributed by atoms with Crippen LogP contribution >= 0.6 is 0 Å².